The standard InChI is InChI=1S/C14H22N4O/c1-10-12(11(2)17(3)16-10)13(19)18-7-5-14(9-18)4-6-15-8-14/h15H,4-9H2,1-3H3. The van der Waals surface area contributed by atoms with E-state index in [1.165, 1.54) is 6.42 Å². The molecule has 19 heavy (non-hydrogen) atoms. The van der Waals surface area contributed by atoms with Crippen LogP contribution in [0, 0.1) is 19.3 Å². The molecule has 0 aliphatic carbocycles. The normalized spacial score (nSPS) is 26.6. The van der Waals surface area contributed by atoms with Gasteiger partial charge in [-0.25, -0.2) is 0 Å². The Morgan fingerprint density at radius 3 is 2.74 bits per heavy atom. The Labute approximate surface area is 114 Å². The number of carbonyl (C=O) groups is 1. The highest BCUT2D eigenvalue weighted by molar-refractivity contribution is 5.96. The molecule has 0 saturated carbocycles. The second-order valence-electron chi connectivity index (χ2n) is 6.07. The molecule has 2 fully saturated rings. The third kappa shape index (κ3) is 1.96. The fourth-order valence-corrected chi connectivity index (χ4v) is 3.49. The van der Waals surface area contributed by atoms with E-state index in [1.54, 1.807) is 4.68 Å². The zero-order chi connectivity index (χ0) is 13.6. The number of rotatable bonds is 1. The van der Waals surface area contributed by atoms with Crippen molar-refractivity contribution in [2.45, 2.75) is 26.7 Å². The zero-order valence-corrected chi connectivity index (χ0v) is 12.0. The molecule has 1 atom stereocenters. The van der Waals surface area contributed by atoms with Crippen LogP contribution in [0.3, 0.4) is 0 Å². The highest BCUT2D eigenvalue weighted by Crippen LogP contribution is 2.36. The van der Waals surface area contributed by atoms with Gasteiger partial charge < -0.3 is 10.2 Å². The Hall–Kier alpha value is -1.36. The summed E-state index contributed by atoms with van der Waals surface area (Å²) in [6.07, 6.45) is 2.33. The van der Waals surface area contributed by atoms with Crippen LogP contribution in [0.2, 0.25) is 0 Å². The molecule has 0 bridgehead atoms. The van der Waals surface area contributed by atoms with Gasteiger partial charge in [-0.15, -0.1) is 0 Å². The fraction of sp³-hybridized carbons (Fsp3) is 0.714. The van der Waals surface area contributed by atoms with Crippen molar-refractivity contribution >= 4 is 5.91 Å². The highest BCUT2D eigenvalue weighted by Gasteiger charge is 2.42. The number of carbonyl (C=O) groups excluding carboxylic acids is 1. The minimum absolute atomic E-state index is 0.159. The van der Waals surface area contributed by atoms with Crippen LogP contribution in [-0.4, -0.2) is 46.8 Å². The predicted molar refractivity (Wildman–Crippen MR) is 73.1 cm³/mol. The third-order valence-corrected chi connectivity index (χ3v) is 4.78. The Bertz CT molecular complexity index is 514. The van der Waals surface area contributed by atoms with Crippen molar-refractivity contribution in [3.8, 4) is 0 Å². The van der Waals surface area contributed by atoms with Crippen molar-refractivity contribution in [3.63, 3.8) is 0 Å². The second kappa shape index (κ2) is 4.34. The summed E-state index contributed by atoms with van der Waals surface area (Å²) >= 11 is 0. The minimum Gasteiger partial charge on any atom is -0.338 e. The van der Waals surface area contributed by atoms with Gasteiger partial charge >= 0.3 is 0 Å². The molecule has 2 aliphatic heterocycles. The van der Waals surface area contributed by atoms with Crippen LogP contribution in [0.15, 0.2) is 0 Å². The van der Waals surface area contributed by atoms with Crippen molar-refractivity contribution in [1.29, 1.82) is 0 Å². The minimum atomic E-state index is 0.159. The van der Waals surface area contributed by atoms with Crippen LogP contribution < -0.4 is 5.32 Å². The van der Waals surface area contributed by atoms with Crippen LogP contribution in [0.25, 0.3) is 0 Å². The number of likely N-dealkylation sites (tertiary alicyclic amines) is 1. The first-order valence-corrected chi connectivity index (χ1v) is 7.03. The van der Waals surface area contributed by atoms with Crippen molar-refractivity contribution in [3.05, 3.63) is 17.0 Å². The molecular weight excluding hydrogens is 240 g/mol. The molecule has 1 aromatic heterocycles. The Morgan fingerprint density at radius 2 is 2.16 bits per heavy atom. The number of nitrogens with zero attached hydrogens (tertiary/aromatic N) is 3. The third-order valence-electron chi connectivity index (χ3n) is 4.78. The molecule has 1 unspecified atom stereocenters. The van der Waals surface area contributed by atoms with Gasteiger partial charge in [0.15, 0.2) is 0 Å². The van der Waals surface area contributed by atoms with Crippen LogP contribution in [-0.2, 0) is 7.05 Å². The second-order valence-corrected chi connectivity index (χ2v) is 6.07. The summed E-state index contributed by atoms with van der Waals surface area (Å²) in [6.45, 7) is 7.81. The van der Waals surface area contributed by atoms with E-state index in [-0.39, 0.29) is 5.91 Å². The summed E-state index contributed by atoms with van der Waals surface area (Å²) in [5.74, 6) is 0.159. The van der Waals surface area contributed by atoms with Gasteiger partial charge in [-0.3, -0.25) is 9.48 Å². The number of nitrogens with one attached hydrogen (secondary N) is 1. The lowest BCUT2D eigenvalue weighted by Gasteiger charge is -2.22. The first kappa shape index (κ1) is 12.7. The lowest BCUT2D eigenvalue weighted by Crippen LogP contribution is -2.33. The summed E-state index contributed by atoms with van der Waals surface area (Å²) in [5.41, 5.74) is 2.94. The topological polar surface area (TPSA) is 50.2 Å². The average molecular weight is 262 g/mol. The van der Waals surface area contributed by atoms with E-state index >= 15 is 0 Å². The molecule has 104 valence electrons. The molecule has 0 radical (unpaired) electrons. The van der Waals surface area contributed by atoms with E-state index in [4.69, 9.17) is 0 Å². The molecule has 1 N–H and O–H groups in total. The van der Waals surface area contributed by atoms with Gasteiger partial charge in [-0.05, 0) is 33.2 Å². The van der Waals surface area contributed by atoms with Crippen LogP contribution in [0.4, 0.5) is 0 Å². The maximum atomic E-state index is 12.7. The molecule has 1 amide bonds. The van der Waals surface area contributed by atoms with E-state index in [1.807, 2.05) is 25.8 Å². The quantitative estimate of drug-likeness (QED) is 0.817. The number of aromatic nitrogens is 2. The molecule has 1 spiro atoms. The predicted octanol–water partition coefficient (Wildman–Crippen LogP) is 0.863. The summed E-state index contributed by atoms with van der Waals surface area (Å²) in [5, 5.41) is 7.78. The summed E-state index contributed by atoms with van der Waals surface area (Å²) in [7, 11) is 1.89. The molecule has 5 nitrogen and oxygen atoms in total. The van der Waals surface area contributed by atoms with E-state index in [0.29, 0.717) is 5.41 Å². The van der Waals surface area contributed by atoms with Crippen LogP contribution >= 0.6 is 0 Å². The van der Waals surface area contributed by atoms with E-state index in [2.05, 4.69) is 10.4 Å². The number of amides is 1. The maximum absolute atomic E-state index is 12.7. The zero-order valence-electron chi connectivity index (χ0n) is 12.0. The van der Waals surface area contributed by atoms with Crippen molar-refractivity contribution < 1.29 is 4.79 Å². The number of hydrogen-bond donors (Lipinski definition) is 1. The molecule has 2 saturated heterocycles. The van der Waals surface area contributed by atoms with E-state index < -0.39 is 0 Å². The van der Waals surface area contributed by atoms with Crippen molar-refractivity contribution in [2.75, 3.05) is 26.2 Å². The molecule has 0 aromatic carbocycles. The summed E-state index contributed by atoms with van der Waals surface area (Å²) in [6, 6.07) is 0. The Morgan fingerprint density at radius 1 is 1.37 bits per heavy atom. The van der Waals surface area contributed by atoms with Crippen LogP contribution in [0.5, 0.6) is 0 Å². The summed E-state index contributed by atoms with van der Waals surface area (Å²) in [4.78, 5) is 14.7. The smallest absolute Gasteiger partial charge is 0.257 e. The van der Waals surface area contributed by atoms with Crippen molar-refractivity contribution in [1.82, 2.24) is 20.0 Å². The molecular formula is C14H22N4O. The van der Waals surface area contributed by atoms with E-state index in [9.17, 15) is 4.79 Å². The highest BCUT2D eigenvalue weighted by atomic mass is 16.2. The first-order valence-electron chi connectivity index (χ1n) is 7.03. The molecule has 1 aromatic rings. The van der Waals surface area contributed by atoms with Gasteiger partial charge in [0, 0.05) is 37.8 Å². The lowest BCUT2D eigenvalue weighted by molar-refractivity contribution is 0.0774. The van der Waals surface area contributed by atoms with Gasteiger partial charge in [0.2, 0.25) is 0 Å². The molecule has 2 aliphatic rings. The Balaban J connectivity index is 1.82. The van der Waals surface area contributed by atoms with E-state index in [0.717, 1.165) is 49.6 Å². The van der Waals surface area contributed by atoms with Crippen LogP contribution in [0.1, 0.15) is 34.6 Å². The van der Waals surface area contributed by atoms with Gasteiger partial charge in [0.1, 0.15) is 0 Å². The first-order chi connectivity index (χ1) is 9.02. The summed E-state index contributed by atoms with van der Waals surface area (Å²) < 4.78 is 1.80. The van der Waals surface area contributed by atoms with Crippen molar-refractivity contribution in [2.24, 2.45) is 12.5 Å². The van der Waals surface area contributed by atoms with Gasteiger partial charge in [-0.2, -0.15) is 5.10 Å². The molecule has 5 heteroatoms. The maximum Gasteiger partial charge on any atom is 0.257 e. The Kier molecular flexibility index (Phi) is 2.89. The average Bonchev–Trinajstić information content (AvgIpc) is 3.05. The number of aryl methyl sites for hydroxylation is 2. The SMILES string of the molecule is Cc1nn(C)c(C)c1C(=O)N1CCC2(CCNC2)C1. The van der Waals surface area contributed by atoms with Gasteiger partial charge in [-0.1, -0.05) is 0 Å². The largest absolute Gasteiger partial charge is 0.338 e. The lowest BCUT2D eigenvalue weighted by atomic mass is 9.86. The number of hydrogen-bond acceptors (Lipinski definition) is 3. The monoisotopic (exact) mass is 262 g/mol. The van der Waals surface area contributed by atoms with Gasteiger partial charge in [0.25, 0.3) is 5.91 Å². The molecule has 3 rings (SSSR count). The van der Waals surface area contributed by atoms with Gasteiger partial charge in [0.05, 0.1) is 11.3 Å². The fourth-order valence-electron chi connectivity index (χ4n) is 3.49. The molecule has 3 heterocycles.